The Kier molecular flexibility index (Phi) is 13.0. The lowest BCUT2D eigenvalue weighted by Crippen LogP contribution is -2.45. The molecule has 2 aromatic rings. The highest BCUT2D eigenvalue weighted by atomic mass is 32.3. The Balaban J connectivity index is 0.000000510. The normalized spacial score (nSPS) is 12.4. The maximum Gasteiger partial charge on any atom is 0.512 e. The van der Waals surface area contributed by atoms with E-state index >= 15 is 0 Å². The van der Waals surface area contributed by atoms with Gasteiger partial charge in [0.05, 0.1) is 27.2 Å². The van der Waals surface area contributed by atoms with Crippen LogP contribution in [0.4, 0.5) is 26.3 Å². The number of rotatable bonds is 8. The first-order valence-electron chi connectivity index (χ1n) is 10.3. The van der Waals surface area contributed by atoms with Crippen molar-refractivity contribution in [3.63, 3.8) is 0 Å². The summed E-state index contributed by atoms with van der Waals surface area (Å²) < 4.78 is 117. The topological polar surface area (TPSA) is 97.9 Å². The third kappa shape index (κ3) is 12.4. The molecule has 0 fully saturated rings. The summed E-state index contributed by atoms with van der Waals surface area (Å²) in [5, 5.41) is 0. The Bertz CT molecular complexity index is 1010. The number of aromatic nitrogens is 4. The molecular weight excluding hydrogens is 528 g/mol. The predicted molar refractivity (Wildman–Crippen MR) is 114 cm³/mol. The van der Waals surface area contributed by atoms with E-state index < -0.39 is 35.2 Å². The van der Waals surface area contributed by atoms with Crippen molar-refractivity contribution in [2.24, 2.45) is 14.1 Å². The minimum absolute atomic E-state index is 0.493. The van der Waals surface area contributed by atoms with Gasteiger partial charge < -0.3 is 0 Å². The highest BCUT2D eigenvalue weighted by Gasteiger charge is 2.55. The van der Waals surface area contributed by atoms with Crippen LogP contribution in [0.3, 0.4) is 0 Å². The van der Waals surface area contributed by atoms with Gasteiger partial charge in [-0.3, -0.25) is 0 Å². The maximum absolute atomic E-state index is 11.5. The molecule has 0 saturated carbocycles. The lowest BCUT2D eigenvalue weighted by atomic mass is 10.3. The van der Waals surface area contributed by atoms with Gasteiger partial charge >= 0.3 is 31.1 Å². The minimum atomic E-state index is -6.60. The fraction of sp³-hybridized carbons (Fsp3) is 0.667. The number of hydrogen-bond donors (Lipinski definition) is 1. The zero-order chi connectivity index (χ0) is 27.5. The van der Waals surface area contributed by atoms with Crippen LogP contribution in [-0.4, -0.2) is 37.0 Å². The summed E-state index contributed by atoms with van der Waals surface area (Å²) in [6.07, 6.45) is 17.6. The van der Waals surface area contributed by atoms with Crippen LogP contribution in [0.1, 0.15) is 39.5 Å². The monoisotopic (exact) mass is 559 g/mol. The quantitative estimate of drug-likeness (QED) is 0.397. The average Bonchev–Trinajstić information content (AvgIpc) is 3.31. The van der Waals surface area contributed by atoms with Crippen molar-refractivity contribution in [2.45, 2.75) is 63.6 Å². The van der Waals surface area contributed by atoms with Crippen molar-refractivity contribution in [1.29, 1.82) is 0 Å². The van der Waals surface area contributed by atoms with E-state index in [1.54, 1.807) is 0 Å². The Labute approximate surface area is 201 Å². The smallest absolute Gasteiger partial charge is 0.240 e. The third-order valence-electron chi connectivity index (χ3n) is 4.02. The number of nitrogens with zero attached hydrogens (tertiary/aromatic N) is 4. The first kappa shape index (κ1) is 32.9. The fourth-order valence-corrected chi connectivity index (χ4v) is 4.10. The van der Waals surface area contributed by atoms with Crippen LogP contribution < -0.4 is 13.3 Å². The molecule has 0 aliphatic carbocycles. The molecular formula is C18H31F6N5O4S2+2. The van der Waals surface area contributed by atoms with Gasteiger partial charge in [0.25, 0.3) is 0 Å². The number of imidazole rings is 2. The molecule has 0 atom stereocenters. The van der Waals surface area contributed by atoms with Crippen LogP contribution in [0.2, 0.25) is 0 Å². The van der Waals surface area contributed by atoms with E-state index in [-0.39, 0.29) is 0 Å². The van der Waals surface area contributed by atoms with E-state index in [0.717, 1.165) is 13.1 Å². The van der Waals surface area contributed by atoms with Gasteiger partial charge in [0, 0.05) is 0 Å². The summed E-state index contributed by atoms with van der Waals surface area (Å²) in [5.41, 5.74) is -12.3. The largest absolute Gasteiger partial charge is 0.512 e. The first-order chi connectivity index (χ1) is 15.9. The second-order valence-corrected chi connectivity index (χ2v) is 10.9. The molecule has 2 heterocycles. The number of halogens is 6. The number of unbranched alkanes of at least 4 members (excludes halogenated alkanes) is 2. The van der Waals surface area contributed by atoms with Crippen molar-refractivity contribution in [1.82, 2.24) is 13.3 Å². The molecule has 2 aromatic heterocycles. The number of alkyl halides is 6. The molecule has 0 amide bonds. The van der Waals surface area contributed by atoms with E-state index in [4.69, 9.17) is 0 Å². The summed E-state index contributed by atoms with van der Waals surface area (Å²) in [6, 6.07) is 0. The number of nitrogens with one attached hydrogen (secondary N) is 1. The van der Waals surface area contributed by atoms with Crippen molar-refractivity contribution in [3.8, 4) is 0 Å². The van der Waals surface area contributed by atoms with E-state index in [0.29, 0.717) is 0 Å². The van der Waals surface area contributed by atoms with Crippen LogP contribution in [-0.2, 0) is 47.2 Å². The molecule has 0 saturated heterocycles. The Morgan fingerprint density at radius 1 is 0.714 bits per heavy atom. The van der Waals surface area contributed by atoms with Gasteiger partial charge in [-0.1, -0.05) is 30.8 Å². The highest BCUT2D eigenvalue weighted by Crippen LogP contribution is 2.27. The number of sulfonamides is 2. The summed E-state index contributed by atoms with van der Waals surface area (Å²) in [4.78, 5) is 0. The molecule has 0 spiro atoms. The van der Waals surface area contributed by atoms with Crippen LogP contribution in [0.5, 0.6) is 0 Å². The van der Waals surface area contributed by atoms with Crippen molar-refractivity contribution in [2.75, 3.05) is 0 Å². The average molecular weight is 560 g/mol. The van der Waals surface area contributed by atoms with Crippen LogP contribution >= 0.6 is 0 Å². The lowest BCUT2D eigenvalue weighted by Gasteiger charge is -2.11. The summed E-state index contributed by atoms with van der Waals surface area (Å²) >= 11 is 0. The fourth-order valence-electron chi connectivity index (χ4n) is 2.19. The molecule has 0 radical (unpaired) electrons. The molecule has 0 bridgehead atoms. The van der Waals surface area contributed by atoms with Crippen LogP contribution in [0.25, 0.3) is 0 Å². The van der Waals surface area contributed by atoms with Gasteiger partial charge in [-0.2, -0.15) is 26.3 Å². The molecule has 2 rings (SSSR count). The second-order valence-electron chi connectivity index (χ2n) is 7.32. The predicted octanol–water partition coefficient (Wildman–Crippen LogP) is 2.50. The molecule has 1 N–H and O–H groups in total. The summed E-state index contributed by atoms with van der Waals surface area (Å²) in [7, 11) is -9.10. The molecule has 0 unspecified atom stereocenters. The zero-order valence-corrected chi connectivity index (χ0v) is 21.3. The number of aryl methyl sites for hydroxylation is 4. The van der Waals surface area contributed by atoms with Gasteiger partial charge in [0.2, 0.25) is 12.7 Å². The van der Waals surface area contributed by atoms with E-state index in [2.05, 4.69) is 69.6 Å². The highest BCUT2D eigenvalue weighted by molar-refractivity contribution is 8.05. The third-order valence-corrected chi connectivity index (χ3v) is 6.99. The van der Waals surface area contributed by atoms with Crippen molar-refractivity contribution in [3.05, 3.63) is 37.4 Å². The molecule has 0 aliphatic heterocycles. The molecule has 204 valence electrons. The molecule has 0 aromatic carbocycles. The van der Waals surface area contributed by atoms with Crippen molar-refractivity contribution >= 4 is 20.0 Å². The standard InChI is InChI=1S/2C8H15N2.C2HF6NO4S2/c2*1-3-4-5-10-7-6-9(2)8-10;3-1(4,5)14(10,11)9-15(12,13)2(6,7)8/h2*6-8H,3-5H2,1-2H3;9H/q2*+1;. The van der Waals surface area contributed by atoms with Gasteiger partial charge in [-0.25, -0.2) is 35.1 Å². The van der Waals surface area contributed by atoms with Crippen LogP contribution in [0, 0.1) is 0 Å². The SMILES string of the molecule is CCCCn1cc[n+](C)c1.CCCCn1cc[n+](C)c1.O=S(=O)(NS(=O)(=O)C(F)(F)F)C(F)(F)F. The van der Waals surface area contributed by atoms with E-state index in [1.807, 2.05) is 14.1 Å². The first-order valence-corrected chi connectivity index (χ1v) is 13.3. The zero-order valence-electron chi connectivity index (χ0n) is 19.7. The van der Waals surface area contributed by atoms with Gasteiger partial charge in [-0.15, -0.1) is 0 Å². The lowest BCUT2D eigenvalue weighted by molar-refractivity contribution is -0.671. The van der Waals surface area contributed by atoms with Gasteiger partial charge in [-0.05, 0) is 12.8 Å². The Hall–Kier alpha value is -2.14. The van der Waals surface area contributed by atoms with Gasteiger partial charge in [0.1, 0.15) is 24.8 Å². The Morgan fingerprint density at radius 2 is 1.03 bits per heavy atom. The van der Waals surface area contributed by atoms with E-state index in [9.17, 15) is 43.2 Å². The molecule has 0 aliphatic rings. The maximum atomic E-state index is 11.5. The summed E-state index contributed by atoms with van der Waals surface area (Å²) in [6.45, 7) is 6.72. The van der Waals surface area contributed by atoms with Crippen molar-refractivity contribution < 1.29 is 52.3 Å². The number of hydrogen-bond acceptors (Lipinski definition) is 4. The Morgan fingerprint density at radius 3 is 1.23 bits per heavy atom. The summed E-state index contributed by atoms with van der Waals surface area (Å²) in [5.74, 6) is 0. The van der Waals surface area contributed by atoms with Crippen LogP contribution in [0.15, 0.2) is 37.4 Å². The molecule has 9 nitrogen and oxygen atoms in total. The van der Waals surface area contributed by atoms with E-state index in [1.165, 1.54) is 25.7 Å². The second kappa shape index (κ2) is 13.8. The minimum Gasteiger partial charge on any atom is -0.240 e. The molecule has 17 heteroatoms. The van der Waals surface area contributed by atoms with Gasteiger partial charge in [0.15, 0.2) is 0 Å². The molecule has 35 heavy (non-hydrogen) atoms.